The Morgan fingerprint density at radius 2 is 1.81 bits per heavy atom. The second-order valence-corrected chi connectivity index (χ2v) is 8.38. The Balaban J connectivity index is 1.57. The molecule has 0 saturated heterocycles. The lowest BCUT2D eigenvalue weighted by molar-refractivity contribution is -0.672. The van der Waals surface area contributed by atoms with Gasteiger partial charge in [0.05, 0.1) is 23.9 Å². The highest BCUT2D eigenvalue weighted by atomic mass is 19.4. The normalized spacial score (nSPS) is 11.8. The number of alkyl halides is 3. The number of aromatic nitrogens is 2. The predicted molar refractivity (Wildman–Crippen MR) is 129 cm³/mol. The lowest BCUT2D eigenvalue weighted by atomic mass is 10.1. The number of carbonyl (C=O) groups excluding carboxylic acids is 1. The molecule has 6 nitrogen and oxygen atoms in total. The monoisotopic (exact) mass is 494 g/mol. The number of nitrogens with zero attached hydrogens (tertiary/aromatic N) is 3. The average Bonchev–Trinajstić information content (AvgIpc) is 2.84. The van der Waals surface area contributed by atoms with Crippen LogP contribution in [0.15, 0.2) is 83.0 Å². The molecule has 0 fully saturated rings. The summed E-state index contributed by atoms with van der Waals surface area (Å²) < 4.78 is 42.8. The van der Waals surface area contributed by atoms with Crippen molar-refractivity contribution in [2.45, 2.75) is 33.0 Å². The van der Waals surface area contributed by atoms with Crippen LogP contribution in [0.25, 0.3) is 16.8 Å². The fraction of sp³-hybridized carbons (Fsp3) is 0.185. The Labute approximate surface area is 204 Å². The fourth-order valence-electron chi connectivity index (χ4n) is 3.97. The summed E-state index contributed by atoms with van der Waals surface area (Å²) in [6.07, 6.45) is 0.342. The number of hydrogen-bond acceptors (Lipinski definition) is 4. The van der Waals surface area contributed by atoms with Crippen LogP contribution in [0.4, 0.5) is 13.2 Å². The molecule has 0 N–H and O–H groups in total. The first-order chi connectivity index (χ1) is 17.1. The van der Waals surface area contributed by atoms with Crippen molar-refractivity contribution in [1.29, 1.82) is 0 Å². The number of hydrogen-bond donors (Lipinski definition) is 0. The van der Waals surface area contributed by atoms with Gasteiger partial charge in [-0.15, -0.1) is 0 Å². The molecular weight excluding hydrogens is 471 g/mol. The highest BCUT2D eigenvalue weighted by Gasteiger charge is 2.31. The van der Waals surface area contributed by atoms with Gasteiger partial charge in [0.2, 0.25) is 0 Å². The summed E-state index contributed by atoms with van der Waals surface area (Å²) in [6, 6.07) is 15.2. The molecule has 0 aliphatic rings. The second kappa shape index (κ2) is 10.2. The summed E-state index contributed by atoms with van der Waals surface area (Å²) in [6.45, 7) is 4.10. The molecule has 2 aromatic carbocycles. The summed E-state index contributed by atoms with van der Waals surface area (Å²) in [7, 11) is 0. The molecule has 0 bridgehead atoms. The van der Waals surface area contributed by atoms with Crippen LogP contribution in [0.5, 0.6) is 0 Å². The smallest absolute Gasteiger partial charge is 0.313 e. The number of carbonyl (C=O) groups is 1. The third-order valence-corrected chi connectivity index (χ3v) is 5.53. The first-order valence-corrected chi connectivity index (χ1v) is 11.2. The van der Waals surface area contributed by atoms with Crippen LogP contribution in [0.2, 0.25) is 0 Å². The molecule has 0 spiro atoms. The van der Waals surface area contributed by atoms with Crippen LogP contribution in [-0.4, -0.2) is 16.6 Å². The van der Waals surface area contributed by atoms with E-state index in [0.717, 1.165) is 23.3 Å². The number of fused-ring (bicyclic) bond motifs is 1. The number of aryl methyl sites for hydroxylation is 3. The van der Waals surface area contributed by atoms with Crippen LogP contribution in [0.3, 0.4) is 0 Å². The first-order valence-electron chi connectivity index (χ1n) is 11.2. The van der Waals surface area contributed by atoms with Gasteiger partial charge >= 0.3 is 17.7 Å². The summed E-state index contributed by atoms with van der Waals surface area (Å²) >= 11 is 0. The summed E-state index contributed by atoms with van der Waals surface area (Å²) in [5.74, 6) is -0.575. The molecule has 0 aliphatic heterocycles. The standard InChI is InChI=1S/C27H23F3N3O3/c1-18-13-19(2)15-21(14-18)26(35)36-31-10-6-11-32-17-23(25(34)33-12-4-3-9-24(32)33)20-7-5-8-22(16-20)27(28,29)30/h3-5,7-10,12-17H,6,11H2,1-2H3/q+1/b31-10+. The molecule has 0 aliphatic carbocycles. The molecule has 36 heavy (non-hydrogen) atoms. The third kappa shape index (κ3) is 5.51. The predicted octanol–water partition coefficient (Wildman–Crippen LogP) is 5.12. The quantitative estimate of drug-likeness (QED) is 0.162. The summed E-state index contributed by atoms with van der Waals surface area (Å²) in [5, 5.41) is 3.76. The lowest BCUT2D eigenvalue weighted by Gasteiger charge is -2.09. The van der Waals surface area contributed by atoms with E-state index in [1.807, 2.05) is 19.9 Å². The van der Waals surface area contributed by atoms with Gasteiger partial charge in [-0.25, -0.2) is 14.2 Å². The van der Waals surface area contributed by atoms with Crippen molar-refractivity contribution in [3.8, 4) is 11.1 Å². The number of pyridine rings is 1. The third-order valence-electron chi connectivity index (χ3n) is 5.53. The molecule has 9 heteroatoms. The van der Waals surface area contributed by atoms with Gasteiger partial charge in [-0.1, -0.05) is 40.5 Å². The van der Waals surface area contributed by atoms with Gasteiger partial charge in [0, 0.05) is 18.7 Å². The molecule has 0 radical (unpaired) electrons. The van der Waals surface area contributed by atoms with E-state index in [0.29, 0.717) is 24.2 Å². The molecule has 184 valence electrons. The van der Waals surface area contributed by atoms with E-state index < -0.39 is 23.3 Å². The highest BCUT2D eigenvalue weighted by Crippen LogP contribution is 2.31. The molecule has 0 saturated carbocycles. The minimum Gasteiger partial charge on any atom is -0.313 e. The van der Waals surface area contributed by atoms with E-state index in [1.54, 1.807) is 41.1 Å². The number of rotatable bonds is 6. The van der Waals surface area contributed by atoms with E-state index >= 15 is 0 Å². The van der Waals surface area contributed by atoms with Gasteiger partial charge in [0.25, 0.3) is 5.65 Å². The number of halogens is 3. The van der Waals surface area contributed by atoms with Crippen LogP contribution < -0.4 is 10.1 Å². The Hall–Kier alpha value is -4.27. The van der Waals surface area contributed by atoms with E-state index in [4.69, 9.17) is 4.84 Å². The molecule has 4 rings (SSSR count). The van der Waals surface area contributed by atoms with Crippen molar-refractivity contribution >= 4 is 17.8 Å². The largest absolute Gasteiger partial charge is 0.416 e. The second-order valence-electron chi connectivity index (χ2n) is 8.38. The van der Waals surface area contributed by atoms with E-state index in [9.17, 15) is 22.8 Å². The maximum atomic E-state index is 13.2. The zero-order valence-corrected chi connectivity index (χ0v) is 19.6. The van der Waals surface area contributed by atoms with E-state index in [2.05, 4.69) is 5.16 Å². The van der Waals surface area contributed by atoms with Gasteiger partial charge in [-0.05, 0) is 49.7 Å². The van der Waals surface area contributed by atoms with Crippen molar-refractivity contribution in [3.63, 3.8) is 0 Å². The van der Waals surface area contributed by atoms with Gasteiger partial charge in [0.1, 0.15) is 11.8 Å². The fourth-order valence-corrected chi connectivity index (χ4v) is 3.97. The van der Waals surface area contributed by atoms with Crippen LogP contribution in [-0.2, 0) is 17.6 Å². The van der Waals surface area contributed by atoms with Crippen LogP contribution in [0.1, 0.15) is 33.5 Å². The van der Waals surface area contributed by atoms with Gasteiger partial charge in [0.15, 0.2) is 0 Å². The molecular formula is C27H23F3N3O3+. The highest BCUT2D eigenvalue weighted by molar-refractivity contribution is 5.90. The Kier molecular flexibility index (Phi) is 7.00. The van der Waals surface area contributed by atoms with Crippen molar-refractivity contribution in [3.05, 3.63) is 106 Å². The lowest BCUT2D eigenvalue weighted by Crippen LogP contribution is -2.40. The first kappa shape index (κ1) is 24.8. The summed E-state index contributed by atoms with van der Waals surface area (Å²) in [5.41, 5.74) is 1.85. The van der Waals surface area contributed by atoms with Crippen molar-refractivity contribution in [2.75, 3.05) is 0 Å². The Morgan fingerprint density at radius 1 is 1.06 bits per heavy atom. The minimum atomic E-state index is -4.52. The number of oxime groups is 1. The summed E-state index contributed by atoms with van der Waals surface area (Å²) in [4.78, 5) is 30.3. The zero-order chi connectivity index (χ0) is 25.9. The van der Waals surface area contributed by atoms with Gasteiger partial charge < -0.3 is 4.84 Å². The van der Waals surface area contributed by atoms with E-state index in [1.165, 1.54) is 28.9 Å². The molecule has 2 aromatic heterocycles. The van der Waals surface area contributed by atoms with Crippen molar-refractivity contribution < 1.29 is 27.4 Å². The average molecular weight is 494 g/mol. The van der Waals surface area contributed by atoms with Crippen LogP contribution in [0, 0.1) is 13.8 Å². The van der Waals surface area contributed by atoms with E-state index in [-0.39, 0.29) is 11.1 Å². The molecule has 2 heterocycles. The topological polar surface area (TPSA) is 64.0 Å². The van der Waals surface area contributed by atoms with Crippen LogP contribution >= 0.6 is 0 Å². The molecule has 0 unspecified atom stereocenters. The number of benzene rings is 2. The van der Waals surface area contributed by atoms with Crippen molar-refractivity contribution in [1.82, 2.24) is 4.40 Å². The maximum absolute atomic E-state index is 13.2. The van der Waals surface area contributed by atoms with Crippen molar-refractivity contribution in [2.24, 2.45) is 5.16 Å². The zero-order valence-electron chi connectivity index (χ0n) is 19.6. The SMILES string of the molecule is Cc1cc(C)cc(C(=O)O/N=C/CC[n+]2cc(-c3cccc(C(F)(F)F)c3)c(=O)n3ccccc32)c1. The Morgan fingerprint density at radius 3 is 2.53 bits per heavy atom. The van der Waals surface area contributed by atoms with Gasteiger partial charge in [-0.3, -0.25) is 0 Å². The molecule has 4 aromatic rings. The Bertz CT molecular complexity index is 1500. The van der Waals surface area contributed by atoms with Gasteiger partial charge in [-0.2, -0.15) is 17.6 Å². The molecule has 0 amide bonds. The minimum absolute atomic E-state index is 0.128. The maximum Gasteiger partial charge on any atom is 0.416 e. The molecule has 0 atom stereocenters.